The summed E-state index contributed by atoms with van der Waals surface area (Å²) in [6.45, 7) is 6.10. The zero-order valence-electron chi connectivity index (χ0n) is 13.3. The molecule has 6 nitrogen and oxygen atoms in total. The summed E-state index contributed by atoms with van der Waals surface area (Å²) in [7, 11) is 0. The van der Waals surface area contributed by atoms with Crippen molar-refractivity contribution in [2.75, 3.05) is 26.2 Å². The van der Waals surface area contributed by atoms with Crippen LogP contribution in [0.2, 0.25) is 0 Å². The predicted molar refractivity (Wildman–Crippen MR) is 83.0 cm³/mol. The van der Waals surface area contributed by atoms with E-state index in [1.807, 2.05) is 17.9 Å². The summed E-state index contributed by atoms with van der Waals surface area (Å²) in [6.07, 6.45) is 4.01. The van der Waals surface area contributed by atoms with Crippen LogP contribution in [0.15, 0.2) is 10.6 Å². The van der Waals surface area contributed by atoms with Crippen LogP contribution in [0.25, 0.3) is 0 Å². The SMILES string of the molecule is Cc1cc(CN2CCN(C(=O)[C@H]3CCC[C@@H](N)C3)CC2)on1. The molecule has 0 bridgehead atoms. The lowest BCUT2D eigenvalue weighted by Gasteiger charge is -2.37. The monoisotopic (exact) mass is 306 g/mol. The van der Waals surface area contributed by atoms with Crippen molar-refractivity contribution < 1.29 is 9.32 Å². The zero-order chi connectivity index (χ0) is 15.5. The average Bonchev–Trinajstić information content (AvgIpc) is 2.92. The smallest absolute Gasteiger partial charge is 0.225 e. The Kier molecular flexibility index (Phi) is 4.78. The van der Waals surface area contributed by atoms with Gasteiger partial charge in [0.05, 0.1) is 12.2 Å². The molecule has 0 aromatic carbocycles. The van der Waals surface area contributed by atoms with Crippen LogP contribution in [0, 0.1) is 12.8 Å². The minimum absolute atomic E-state index is 0.146. The van der Waals surface area contributed by atoms with E-state index in [1.54, 1.807) is 0 Å². The highest BCUT2D eigenvalue weighted by Gasteiger charge is 2.30. The molecule has 1 saturated heterocycles. The average molecular weight is 306 g/mol. The third-order valence-electron chi connectivity index (χ3n) is 4.80. The predicted octanol–water partition coefficient (Wildman–Crippen LogP) is 1.14. The van der Waals surface area contributed by atoms with Crippen molar-refractivity contribution in [2.45, 2.75) is 45.2 Å². The first-order valence-electron chi connectivity index (χ1n) is 8.31. The second kappa shape index (κ2) is 6.79. The Morgan fingerprint density at radius 2 is 2.14 bits per heavy atom. The summed E-state index contributed by atoms with van der Waals surface area (Å²) in [5.74, 6) is 1.35. The molecule has 22 heavy (non-hydrogen) atoms. The van der Waals surface area contributed by atoms with Gasteiger partial charge in [0.25, 0.3) is 0 Å². The maximum Gasteiger partial charge on any atom is 0.225 e. The number of nitrogens with two attached hydrogens (primary N) is 1. The summed E-state index contributed by atoms with van der Waals surface area (Å²) < 4.78 is 5.26. The van der Waals surface area contributed by atoms with Gasteiger partial charge in [-0.05, 0) is 26.2 Å². The number of aromatic nitrogens is 1. The summed E-state index contributed by atoms with van der Waals surface area (Å²) >= 11 is 0. The third kappa shape index (κ3) is 3.67. The normalized spacial score (nSPS) is 27.1. The molecule has 1 aromatic heterocycles. The highest BCUT2D eigenvalue weighted by molar-refractivity contribution is 5.79. The summed E-state index contributed by atoms with van der Waals surface area (Å²) in [6, 6.07) is 2.18. The van der Waals surface area contributed by atoms with Crippen LogP contribution in [0.5, 0.6) is 0 Å². The van der Waals surface area contributed by atoms with E-state index in [9.17, 15) is 4.79 Å². The number of hydrogen-bond acceptors (Lipinski definition) is 5. The van der Waals surface area contributed by atoms with Crippen molar-refractivity contribution in [3.8, 4) is 0 Å². The van der Waals surface area contributed by atoms with Crippen LogP contribution < -0.4 is 5.73 Å². The van der Waals surface area contributed by atoms with Gasteiger partial charge in [-0.3, -0.25) is 9.69 Å². The summed E-state index contributed by atoms with van der Waals surface area (Å²) in [5.41, 5.74) is 6.92. The molecule has 122 valence electrons. The highest BCUT2D eigenvalue weighted by Crippen LogP contribution is 2.25. The Hall–Kier alpha value is -1.40. The van der Waals surface area contributed by atoms with Crippen molar-refractivity contribution in [2.24, 2.45) is 11.7 Å². The molecule has 2 aliphatic rings. The van der Waals surface area contributed by atoms with Crippen molar-refractivity contribution in [1.29, 1.82) is 0 Å². The second-order valence-corrected chi connectivity index (χ2v) is 6.66. The van der Waals surface area contributed by atoms with Gasteiger partial charge in [0, 0.05) is 44.2 Å². The van der Waals surface area contributed by atoms with Crippen LogP contribution in [0.1, 0.15) is 37.1 Å². The maximum atomic E-state index is 12.6. The number of hydrogen-bond donors (Lipinski definition) is 1. The Morgan fingerprint density at radius 3 is 2.77 bits per heavy atom. The summed E-state index contributed by atoms with van der Waals surface area (Å²) in [4.78, 5) is 16.9. The van der Waals surface area contributed by atoms with Gasteiger partial charge < -0.3 is 15.2 Å². The zero-order valence-corrected chi connectivity index (χ0v) is 13.3. The maximum absolute atomic E-state index is 12.6. The lowest BCUT2D eigenvalue weighted by atomic mass is 9.85. The fourth-order valence-corrected chi connectivity index (χ4v) is 3.55. The topological polar surface area (TPSA) is 75.6 Å². The number of carbonyl (C=O) groups is 1. The molecule has 0 unspecified atom stereocenters. The number of aryl methyl sites for hydroxylation is 1. The van der Waals surface area contributed by atoms with Crippen molar-refractivity contribution in [1.82, 2.24) is 15.0 Å². The number of nitrogens with zero attached hydrogens (tertiary/aromatic N) is 3. The fourth-order valence-electron chi connectivity index (χ4n) is 3.55. The molecule has 2 atom stereocenters. The van der Waals surface area contributed by atoms with Gasteiger partial charge in [0.2, 0.25) is 5.91 Å². The Bertz CT molecular complexity index is 508. The molecule has 2 fully saturated rings. The minimum atomic E-state index is 0.146. The largest absolute Gasteiger partial charge is 0.360 e. The van der Waals surface area contributed by atoms with Gasteiger partial charge in [-0.1, -0.05) is 11.6 Å². The van der Waals surface area contributed by atoms with Crippen molar-refractivity contribution >= 4 is 5.91 Å². The first kappa shape index (κ1) is 15.5. The molecule has 2 heterocycles. The second-order valence-electron chi connectivity index (χ2n) is 6.66. The molecule has 0 spiro atoms. The Balaban J connectivity index is 1.47. The Morgan fingerprint density at radius 1 is 1.36 bits per heavy atom. The molecule has 0 radical (unpaired) electrons. The van der Waals surface area contributed by atoms with E-state index in [1.165, 1.54) is 0 Å². The Labute approximate surface area is 131 Å². The number of piperazine rings is 1. The molecule has 1 aliphatic carbocycles. The lowest BCUT2D eigenvalue weighted by Crippen LogP contribution is -2.50. The van der Waals surface area contributed by atoms with Gasteiger partial charge in [-0.2, -0.15) is 0 Å². The number of carbonyl (C=O) groups excluding carboxylic acids is 1. The number of rotatable bonds is 3. The molecular formula is C16H26N4O2. The standard InChI is InChI=1S/C16H26N4O2/c1-12-9-15(22-18-12)11-19-5-7-20(8-6-19)16(21)13-3-2-4-14(17)10-13/h9,13-14H,2-8,10-11,17H2,1H3/t13-,14+/m0/s1. The molecule has 1 aliphatic heterocycles. The van der Waals surface area contributed by atoms with E-state index >= 15 is 0 Å². The first-order chi connectivity index (χ1) is 10.6. The minimum Gasteiger partial charge on any atom is -0.360 e. The van der Waals surface area contributed by atoms with E-state index in [0.29, 0.717) is 5.91 Å². The van der Waals surface area contributed by atoms with E-state index < -0.39 is 0 Å². The van der Waals surface area contributed by atoms with Crippen molar-refractivity contribution in [3.05, 3.63) is 17.5 Å². The van der Waals surface area contributed by atoms with Crippen LogP contribution in [-0.4, -0.2) is 53.1 Å². The van der Waals surface area contributed by atoms with Gasteiger partial charge in [0.15, 0.2) is 5.76 Å². The van der Waals surface area contributed by atoms with Gasteiger partial charge in [-0.15, -0.1) is 0 Å². The quantitative estimate of drug-likeness (QED) is 0.906. The van der Waals surface area contributed by atoms with Crippen molar-refractivity contribution in [3.63, 3.8) is 0 Å². The van der Waals surface area contributed by atoms with Crippen LogP contribution in [0.3, 0.4) is 0 Å². The van der Waals surface area contributed by atoms with E-state index in [-0.39, 0.29) is 12.0 Å². The third-order valence-corrected chi connectivity index (χ3v) is 4.80. The van der Waals surface area contributed by atoms with E-state index in [4.69, 9.17) is 10.3 Å². The summed E-state index contributed by atoms with van der Waals surface area (Å²) in [5, 5.41) is 3.92. The number of amides is 1. The lowest BCUT2D eigenvalue weighted by molar-refractivity contribution is -0.138. The van der Waals surface area contributed by atoms with Gasteiger partial charge in [0.1, 0.15) is 0 Å². The molecule has 6 heteroatoms. The van der Waals surface area contributed by atoms with Crippen LogP contribution in [-0.2, 0) is 11.3 Å². The van der Waals surface area contributed by atoms with Gasteiger partial charge >= 0.3 is 0 Å². The molecule has 1 amide bonds. The molecule has 1 aromatic rings. The molecule has 3 rings (SSSR count). The molecule has 2 N–H and O–H groups in total. The molecule has 1 saturated carbocycles. The van der Waals surface area contributed by atoms with E-state index in [0.717, 1.165) is 69.9 Å². The van der Waals surface area contributed by atoms with Crippen LogP contribution >= 0.6 is 0 Å². The fraction of sp³-hybridized carbons (Fsp3) is 0.750. The van der Waals surface area contributed by atoms with Gasteiger partial charge in [-0.25, -0.2) is 0 Å². The highest BCUT2D eigenvalue weighted by atomic mass is 16.5. The van der Waals surface area contributed by atoms with Crippen LogP contribution in [0.4, 0.5) is 0 Å². The van der Waals surface area contributed by atoms with E-state index in [2.05, 4.69) is 10.1 Å². The first-order valence-corrected chi connectivity index (χ1v) is 8.31. The molecular weight excluding hydrogens is 280 g/mol.